The smallest absolute Gasteiger partial charge is 0.123 e. The Labute approximate surface area is 130 Å². The molecule has 0 saturated heterocycles. The third-order valence-electron chi connectivity index (χ3n) is 4.18. The van der Waals surface area contributed by atoms with Crippen LogP contribution in [0.25, 0.3) is 0 Å². The van der Waals surface area contributed by atoms with Crippen LogP contribution >= 0.6 is 15.9 Å². The maximum absolute atomic E-state index is 13.3. The summed E-state index contributed by atoms with van der Waals surface area (Å²) in [5.41, 5.74) is 1.01. The zero-order valence-electron chi connectivity index (χ0n) is 12.5. The average molecular weight is 342 g/mol. The van der Waals surface area contributed by atoms with Gasteiger partial charge in [0.1, 0.15) is 5.82 Å². The van der Waals surface area contributed by atoms with Crippen molar-refractivity contribution < 1.29 is 4.39 Å². The van der Waals surface area contributed by atoms with Gasteiger partial charge in [0, 0.05) is 17.1 Å². The number of benzene rings is 1. The van der Waals surface area contributed by atoms with E-state index in [1.807, 2.05) is 0 Å². The van der Waals surface area contributed by atoms with Gasteiger partial charge in [-0.05, 0) is 54.9 Å². The summed E-state index contributed by atoms with van der Waals surface area (Å²) in [4.78, 5) is 0. The summed E-state index contributed by atoms with van der Waals surface area (Å²) in [6.07, 6.45) is 6.55. The van der Waals surface area contributed by atoms with Gasteiger partial charge in [0.05, 0.1) is 0 Å². The van der Waals surface area contributed by atoms with Gasteiger partial charge < -0.3 is 5.32 Å². The van der Waals surface area contributed by atoms with Crippen molar-refractivity contribution in [3.63, 3.8) is 0 Å². The lowest BCUT2D eigenvalue weighted by molar-refractivity contribution is 0.252. The van der Waals surface area contributed by atoms with E-state index in [0.717, 1.165) is 28.4 Å². The van der Waals surface area contributed by atoms with Gasteiger partial charge in [-0.3, -0.25) is 0 Å². The summed E-state index contributed by atoms with van der Waals surface area (Å²) in [5, 5.41) is 3.61. The molecule has 1 aliphatic rings. The molecule has 0 amide bonds. The highest BCUT2D eigenvalue weighted by atomic mass is 79.9. The molecule has 0 bridgehead atoms. The van der Waals surface area contributed by atoms with Gasteiger partial charge >= 0.3 is 0 Å². The molecule has 0 spiro atoms. The Hall–Kier alpha value is -0.410. The van der Waals surface area contributed by atoms with Crippen molar-refractivity contribution in [2.45, 2.75) is 58.5 Å². The number of rotatable bonds is 5. The summed E-state index contributed by atoms with van der Waals surface area (Å²) < 4.78 is 14.3. The molecular formula is C17H25BrFN. The van der Waals surface area contributed by atoms with E-state index in [9.17, 15) is 4.39 Å². The van der Waals surface area contributed by atoms with E-state index in [1.54, 1.807) is 12.1 Å². The normalized spacial score (nSPS) is 23.2. The first kappa shape index (κ1) is 16.0. The molecule has 2 unspecified atom stereocenters. The molecule has 1 nitrogen and oxygen atoms in total. The molecular weight excluding hydrogens is 317 g/mol. The maximum atomic E-state index is 13.3. The van der Waals surface area contributed by atoms with E-state index in [-0.39, 0.29) is 5.82 Å². The second-order valence-electron chi connectivity index (χ2n) is 6.48. The SMILES string of the molecule is CC(C)CC1CCCC(NCc2cc(F)ccc2Br)C1. The number of halogens is 2. The van der Waals surface area contributed by atoms with Gasteiger partial charge in [0.2, 0.25) is 0 Å². The van der Waals surface area contributed by atoms with E-state index >= 15 is 0 Å². The van der Waals surface area contributed by atoms with E-state index in [4.69, 9.17) is 0 Å². The molecule has 20 heavy (non-hydrogen) atoms. The van der Waals surface area contributed by atoms with E-state index in [0.29, 0.717) is 6.04 Å². The molecule has 1 N–H and O–H groups in total. The highest BCUT2D eigenvalue weighted by Crippen LogP contribution is 2.29. The monoisotopic (exact) mass is 341 g/mol. The molecule has 2 rings (SSSR count). The second-order valence-corrected chi connectivity index (χ2v) is 7.33. The van der Waals surface area contributed by atoms with Crippen LogP contribution in [0.2, 0.25) is 0 Å². The quantitative estimate of drug-likeness (QED) is 0.767. The van der Waals surface area contributed by atoms with Crippen LogP contribution in [0.5, 0.6) is 0 Å². The summed E-state index contributed by atoms with van der Waals surface area (Å²) in [6.45, 7) is 5.36. The van der Waals surface area contributed by atoms with E-state index in [2.05, 4.69) is 35.1 Å². The van der Waals surface area contributed by atoms with Crippen LogP contribution < -0.4 is 5.32 Å². The molecule has 0 radical (unpaired) electrons. The molecule has 112 valence electrons. The molecule has 0 heterocycles. The Balaban J connectivity index is 1.85. The predicted molar refractivity (Wildman–Crippen MR) is 86.1 cm³/mol. The lowest BCUT2D eigenvalue weighted by atomic mass is 9.81. The fourth-order valence-corrected chi connectivity index (χ4v) is 3.68. The number of hydrogen-bond donors (Lipinski definition) is 1. The van der Waals surface area contributed by atoms with Gasteiger partial charge in [-0.15, -0.1) is 0 Å². The summed E-state index contributed by atoms with van der Waals surface area (Å²) in [5.74, 6) is 1.49. The summed E-state index contributed by atoms with van der Waals surface area (Å²) in [7, 11) is 0. The van der Waals surface area contributed by atoms with Crippen molar-refractivity contribution in [2.75, 3.05) is 0 Å². The van der Waals surface area contributed by atoms with Crippen LogP contribution in [0.15, 0.2) is 22.7 Å². The van der Waals surface area contributed by atoms with Gasteiger partial charge in [-0.1, -0.05) is 42.6 Å². The largest absolute Gasteiger partial charge is 0.310 e. The van der Waals surface area contributed by atoms with Crippen LogP contribution in [-0.2, 0) is 6.54 Å². The zero-order chi connectivity index (χ0) is 14.5. The molecule has 3 heteroatoms. The number of hydrogen-bond acceptors (Lipinski definition) is 1. The maximum Gasteiger partial charge on any atom is 0.123 e. The molecule has 1 aliphatic carbocycles. The zero-order valence-corrected chi connectivity index (χ0v) is 14.0. The lowest BCUT2D eigenvalue weighted by Gasteiger charge is -2.31. The highest BCUT2D eigenvalue weighted by Gasteiger charge is 2.22. The molecule has 1 aromatic rings. The fraction of sp³-hybridized carbons (Fsp3) is 0.647. The Morgan fingerprint density at radius 1 is 1.35 bits per heavy atom. The fourth-order valence-electron chi connectivity index (χ4n) is 3.29. The van der Waals surface area contributed by atoms with Crippen molar-refractivity contribution in [2.24, 2.45) is 11.8 Å². The topological polar surface area (TPSA) is 12.0 Å². The van der Waals surface area contributed by atoms with Crippen molar-refractivity contribution in [1.29, 1.82) is 0 Å². The Morgan fingerprint density at radius 2 is 2.15 bits per heavy atom. The minimum atomic E-state index is -0.161. The van der Waals surface area contributed by atoms with Crippen LogP contribution in [0, 0.1) is 17.7 Å². The molecule has 0 aliphatic heterocycles. The minimum absolute atomic E-state index is 0.161. The van der Waals surface area contributed by atoms with Crippen molar-refractivity contribution in [1.82, 2.24) is 5.32 Å². The van der Waals surface area contributed by atoms with Gasteiger partial charge in [-0.2, -0.15) is 0 Å². The van der Waals surface area contributed by atoms with Gasteiger partial charge in [0.25, 0.3) is 0 Å². The molecule has 1 aromatic carbocycles. The molecule has 2 atom stereocenters. The first-order valence-corrected chi connectivity index (χ1v) is 8.51. The first-order valence-electron chi connectivity index (χ1n) is 7.72. The van der Waals surface area contributed by atoms with E-state index in [1.165, 1.54) is 38.2 Å². The highest BCUT2D eigenvalue weighted by molar-refractivity contribution is 9.10. The van der Waals surface area contributed by atoms with Gasteiger partial charge in [-0.25, -0.2) is 4.39 Å². The van der Waals surface area contributed by atoms with Crippen LogP contribution in [0.3, 0.4) is 0 Å². The Morgan fingerprint density at radius 3 is 2.90 bits per heavy atom. The van der Waals surface area contributed by atoms with E-state index < -0.39 is 0 Å². The van der Waals surface area contributed by atoms with Crippen LogP contribution in [-0.4, -0.2) is 6.04 Å². The van der Waals surface area contributed by atoms with Crippen LogP contribution in [0.4, 0.5) is 4.39 Å². The Kier molecular flexibility index (Phi) is 6.03. The average Bonchev–Trinajstić information content (AvgIpc) is 2.39. The molecule has 1 fully saturated rings. The molecule has 1 saturated carbocycles. The lowest BCUT2D eigenvalue weighted by Crippen LogP contribution is -2.34. The second kappa shape index (κ2) is 7.56. The third kappa shape index (κ3) is 4.85. The first-order chi connectivity index (χ1) is 9.54. The number of nitrogens with one attached hydrogen (secondary N) is 1. The third-order valence-corrected chi connectivity index (χ3v) is 4.95. The standard InChI is InChI=1S/C17H25BrFN/c1-12(2)8-13-4-3-5-16(9-13)20-11-14-10-15(19)6-7-17(14)18/h6-7,10,12-13,16,20H,3-5,8-9,11H2,1-2H3. The van der Waals surface area contributed by atoms with Crippen molar-refractivity contribution in [3.05, 3.63) is 34.1 Å². The van der Waals surface area contributed by atoms with Crippen molar-refractivity contribution in [3.8, 4) is 0 Å². The van der Waals surface area contributed by atoms with Gasteiger partial charge in [0.15, 0.2) is 0 Å². The predicted octanol–water partition coefficient (Wildman–Crippen LogP) is 5.28. The van der Waals surface area contributed by atoms with Crippen molar-refractivity contribution >= 4 is 15.9 Å². The Bertz CT molecular complexity index is 433. The molecule has 0 aromatic heterocycles. The summed E-state index contributed by atoms with van der Waals surface area (Å²) >= 11 is 3.49. The summed E-state index contributed by atoms with van der Waals surface area (Å²) in [6, 6.07) is 5.48. The minimum Gasteiger partial charge on any atom is -0.310 e. The van der Waals surface area contributed by atoms with Crippen LogP contribution in [0.1, 0.15) is 51.5 Å².